The second-order valence-corrected chi connectivity index (χ2v) is 6.66. The Labute approximate surface area is 160 Å². The fourth-order valence-corrected chi connectivity index (χ4v) is 3.16. The Morgan fingerprint density at radius 3 is 2.54 bits per heavy atom. The van der Waals surface area contributed by atoms with Crippen LogP contribution in [0.1, 0.15) is 16.8 Å². The van der Waals surface area contributed by atoms with Gasteiger partial charge in [0.05, 0.1) is 21.7 Å². The molecule has 1 fully saturated rings. The quantitative estimate of drug-likeness (QED) is 0.574. The van der Waals surface area contributed by atoms with Gasteiger partial charge in [-0.2, -0.15) is 0 Å². The Hall–Kier alpha value is -2.37. The largest absolute Gasteiger partial charge is 0.457 e. The molecule has 1 saturated heterocycles. The van der Waals surface area contributed by atoms with Gasteiger partial charge in [0.25, 0.3) is 0 Å². The minimum Gasteiger partial charge on any atom is -0.457 e. The van der Waals surface area contributed by atoms with Crippen molar-refractivity contribution in [1.82, 2.24) is 0 Å². The van der Waals surface area contributed by atoms with Gasteiger partial charge < -0.3 is 9.64 Å². The molecule has 2 aromatic rings. The van der Waals surface area contributed by atoms with Crippen LogP contribution in [-0.2, 0) is 14.3 Å². The number of hydrogen-bond donors (Lipinski definition) is 0. The third kappa shape index (κ3) is 3.89. The van der Waals surface area contributed by atoms with Crippen LogP contribution in [0.15, 0.2) is 48.5 Å². The van der Waals surface area contributed by atoms with Crippen molar-refractivity contribution in [2.45, 2.75) is 6.42 Å². The molecule has 2 aromatic carbocycles. The fourth-order valence-electron chi connectivity index (χ4n) is 2.76. The average molecular weight is 392 g/mol. The van der Waals surface area contributed by atoms with Gasteiger partial charge in [-0.1, -0.05) is 59.6 Å². The normalized spacial score (nSPS) is 16.6. The van der Waals surface area contributed by atoms with Gasteiger partial charge >= 0.3 is 5.97 Å². The maximum Gasteiger partial charge on any atom is 0.311 e. The van der Waals surface area contributed by atoms with Crippen molar-refractivity contribution in [1.29, 1.82) is 0 Å². The van der Waals surface area contributed by atoms with E-state index in [4.69, 9.17) is 27.9 Å². The number of ketones is 1. The molecule has 0 spiro atoms. The first-order valence-corrected chi connectivity index (χ1v) is 8.72. The zero-order chi connectivity index (χ0) is 18.7. The molecule has 1 aliphatic heterocycles. The number of anilines is 1. The molecule has 0 aliphatic carbocycles. The van der Waals surface area contributed by atoms with E-state index in [0.29, 0.717) is 16.3 Å². The van der Waals surface area contributed by atoms with E-state index in [1.807, 2.05) is 0 Å². The molecule has 134 valence electrons. The number of esters is 1. The summed E-state index contributed by atoms with van der Waals surface area (Å²) in [6, 6.07) is 13.5. The number of ether oxygens (including phenoxy) is 1. The summed E-state index contributed by atoms with van der Waals surface area (Å²) in [5.74, 6) is -1.77. The van der Waals surface area contributed by atoms with Gasteiger partial charge in [0, 0.05) is 18.5 Å². The molecular weight excluding hydrogens is 377 g/mol. The maximum absolute atomic E-state index is 12.3. The predicted molar refractivity (Wildman–Crippen MR) is 98.7 cm³/mol. The lowest BCUT2D eigenvalue weighted by atomic mass is 10.1. The van der Waals surface area contributed by atoms with E-state index in [0.717, 1.165) is 0 Å². The second-order valence-electron chi connectivity index (χ2n) is 5.88. The molecule has 0 aromatic heterocycles. The number of rotatable bonds is 5. The highest BCUT2D eigenvalue weighted by molar-refractivity contribution is 6.44. The standard InChI is InChI=1S/C19H15Cl2NO4/c20-14-7-4-8-15(18(14)21)22-10-13(9-17(22)24)19(25)26-11-16(23)12-5-2-1-3-6-12/h1-8,13H,9-11H2/t13-/m1/s1. The molecule has 0 saturated carbocycles. The molecule has 3 rings (SSSR count). The molecule has 1 heterocycles. The van der Waals surface area contributed by atoms with Crippen molar-refractivity contribution < 1.29 is 19.1 Å². The number of benzene rings is 2. The Balaban J connectivity index is 1.62. The van der Waals surface area contributed by atoms with Crippen LogP contribution in [0.5, 0.6) is 0 Å². The maximum atomic E-state index is 12.3. The van der Waals surface area contributed by atoms with Gasteiger partial charge in [-0.15, -0.1) is 0 Å². The SMILES string of the molecule is O=C(COC(=O)[C@@H]1CC(=O)N(c2cccc(Cl)c2Cl)C1)c1ccccc1. The van der Waals surface area contributed by atoms with Gasteiger partial charge in [0.2, 0.25) is 5.91 Å². The van der Waals surface area contributed by atoms with Gasteiger partial charge in [-0.25, -0.2) is 0 Å². The number of hydrogen-bond acceptors (Lipinski definition) is 4. The molecule has 1 atom stereocenters. The van der Waals surface area contributed by atoms with Crippen LogP contribution in [-0.4, -0.2) is 30.8 Å². The molecule has 26 heavy (non-hydrogen) atoms. The molecule has 0 bridgehead atoms. The summed E-state index contributed by atoms with van der Waals surface area (Å²) in [5.41, 5.74) is 0.926. The fraction of sp³-hybridized carbons (Fsp3) is 0.211. The molecule has 0 N–H and O–H groups in total. The summed E-state index contributed by atoms with van der Waals surface area (Å²) in [5, 5.41) is 0.590. The first-order chi connectivity index (χ1) is 12.5. The van der Waals surface area contributed by atoms with Crippen molar-refractivity contribution in [3.8, 4) is 0 Å². The van der Waals surface area contributed by atoms with Crippen LogP contribution in [0, 0.1) is 5.92 Å². The van der Waals surface area contributed by atoms with Crippen molar-refractivity contribution in [2.75, 3.05) is 18.1 Å². The molecule has 0 radical (unpaired) electrons. The highest BCUT2D eigenvalue weighted by Gasteiger charge is 2.37. The minimum absolute atomic E-state index is 0.00119. The van der Waals surface area contributed by atoms with Crippen LogP contribution in [0.4, 0.5) is 5.69 Å². The highest BCUT2D eigenvalue weighted by Crippen LogP contribution is 2.35. The van der Waals surface area contributed by atoms with Crippen LogP contribution < -0.4 is 4.90 Å². The monoisotopic (exact) mass is 391 g/mol. The van der Waals surface area contributed by atoms with E-state index in [9.17, 15) is 14.4 Å². The number of carbonyl (C=O) groups excluding carboxylic acids is 3. The van der Waals surface area contributed by atoms with Crippen molar-refractivity contribution in [3.63, 3.8) is 0 Å². The van der Waals surface area contributed by atoms with Crippen LogP contribution in [0.3, 0.4) is 0 Å². The summed E-state index contributed by atoms with van der Waals surface area (Å²) in [6.07, 6.45) is 0.00119. The van der Waals surface area contributed by atoms with E-state index in [-0.39, 0.29) is 36.3 Å². The second kappa shape index (κ2) is 7.89. The van der Waals surface area contributed by atoms with E-state index in [2.05, 4.69) is 0 Å². The van der Waals surface area contributed by atoms with Crippen LogP contribution in [0.25, 0.3) is 0 Å². The Morgan fingerprint density at radius 2 is 1.81 bits per heavy atom. The van der Waals surface area contributed by atoms with Crippen molar-refractivity contribution in [3.05, 3.63) is 64.1 Å². The Bertz CT molecular complexity index is 854. The lowest BCUT2D eigenvalue weighted by Crippen LogP contribution is -2.27. The summed E-state index contributed by atoms with van der Waals surface area (Å²) in [6.45, 7) is -0.220. The lowest BCUT2D eigenvalue weighted by molar-refractivity contribution is -0.147. The Morgan fingerprint density at radius 1 is 1.08 bits per heavy atom. The van der Waals surface area contributed by atoms with E-state index < -0.39 is 11.9 Å². The third-order valence-electron chi connectivity index (χ3n) is 4.12. The predicted octanol–water partition coefficient (Wildman–Crippen LogP) is 3.77. The van der Waals surface area contributed by atoms with Crippen molar-refractivity contribution >= 4 is 46.5 Å². The average Bonchev–Trinajstić information content (AvgIpc) is 3.04. The molecule has 7 heteroatoms. The van der Waals surface area contributed by atoms with E-state index >= 15 is 0 Å². The molecular formula is C19H15Cl2NO4. The number of Topliss-reactive ketones (excluding diaryl/α,β-unsaturated/α-hetero) is 1. The zero-order valence-electron chi connectivity index (χ0n) is 13.7. The molecule has 5 nitrogen and oxygen atoms in total. The van der Waals surface area contributed by atoms with E-state index in [1.54, 1.807) is 48.5 Å². The number of halogens is 2. The van der Waals surface area contributed by atoms with Gasteiger partial charge in [-0.3, -0.25) is 14.4 Å². The molecule has 1 aliphatic rings. The smallest absolute Gasteiger partial charge is 0.311 e. The Kier molecular flexibility index (Phi) is 5.59. The number of amides is 1. The molecule has 1 amide bonds. The lowest BCUT2D eigenvalue weighted by Gasteiger charge is -2.18. The van der Waals surface area contributed by atoms with E-state index in [1.165, 1.54) is 4.90 Å². The van der Waals surface area contributed by atoms with Crippen LogP contribution in [0.2, 0.25) is 10.0 Å². The summed E-state index contributed by atoms with van der Waals surface area (Å²) >= 11 is 12.1. The van der Waals surface area contributed by atoms with Gasteiger partial charge in [-0.05, 0) is 12.1 Å². The van der Waals surface area contributed by atoms with Gasteiger partial charge in [0.15, 0.2) is 12.4 Å². The number of nitrogens with zero attached hydrogens (tertiary/aromatic N) is 1. The summed E-state index contributed by atoms with van der Waals surface area (Å²) < 4.78 is 5.10. The topological polar surface area (TPSA) is 63.7 Å². The first-order valence-electron chi connectivity index (χ1n) is 7.96. The highest BCUT2D eigenvalue weighted by atomic mass is 35.5. The van der Waals surface area contributed by atoms with Gasteiger partial charge in [0.1, 0.15) is 0 Å². The van der Waals surface area contributed by atoms with Crippen molar-refractivity contribution in [2.24, 2.45) is 5.92 Å². The summed E-state index contributed by atoms with van der Waals surface area (Å²) in [4.78, 5) is 37.9. The third-order valence-corrected chi connectivity index (χ3v) is 4.93. The number of carbonyl (C=O) groups is 3. The zero-order valence-corrected chi connectivity index (χ0v) is 15.2. The molecule has 0 unspecified atom stereocenters. The first kappa shape index (κ1) is 18.4. The minimum atomic E-state index is -0.652. The summed E-state index contributed by atoms with van der Waals surface area (Å²) in [7, 11) is 0. The van der Waals surface area contributed by atoms with Crippen LogP contribution >= 0.6 is 23.2 Å².